The van der Waals surface area contributed by atoms with E-state index in [0.717, 1.165) is 19.3 Å². The highest BCUT2D eigenvalue weighted by Crippen LogP contribution is 2.37. The van der Waals surface area contributed by atoms with Crippen molar-refractivity contribution in [1.82, 2.24) is 0 Å². The summed E-state index contributed by atoms with van der Waals surface area (Å²) in [6, 6.07) is 0. The zero-order chi connectivity index (χ0) is 17.4. The molecule has 0 spiro atoms. The van der Waals surface area contributed by atoms with E-state index in [9.17, 15) is 14.4 Å². The van der Waals surface area contributed by atoms with Crippen LogP contribution >= 0.6 is 0 Å². The van der Waals surface area contributed by atoms with Gasteiger partial charge in [-0.15, -0.1) is 0 Å². The lowest BCUT2D eigenvalue weighted by molar-refractivity contribution is -0.166. The van der Waals surface area contributed by atoms with Crippen molar-refractivity contribution in [2.24, 2.45) is 23.7 Å². The second-order valence-corrected chi connectivity index (χ2v) is 6.59. The van der Waals surface area contributed by atoms with E-state index >= 15 is 0 Å². The van der Waals surface area contributed by atoms with Gasteiger partial charge in [0.25, 0.3) is 0 Å². The fraction of sp³-hybridized carbons (Fsp3) is 0.833. The van der Waals surface area contributed by atoms with E-state index in [1.807, 2.05) is 13.8 Å². The fourth-order valence-electron chi connectivity index (χ4n) is 3.45. The quantitative estimate of drug-likeness (QED) is 0.506. The lowest BCUT2D eigenvalue weighted by Gasteiger charge is -2.33. The molecule has 1 aliphatic rings. The summed E-state index contributed by atoms with van der Waals surface area (Å²) in [6.45, 7) is 7.91. The minimum atomic E-state index is -0.996. The van der Waals surface area contributed by atoms with E-state index in [0.29, 0.717) is 12.8 Å². The first-order chi connectivity index (χ1) is 10.9. The molecule has 0 amide bonds. The standard InChI is InChI=1S/C18H30O5/c1-5-22-17(20)16(18(21)23-6-2)14(11-12(3)4)13-9-7-8-10-15(13)19/h12-14,16H,5-11H2,1-4H3/t13-,14-/m0/s1. The summed E-state index contributed by atoms with van der Waals surface area (Å²) >= 11 is 0. The van der Waals surface area contributed by atoms with Gasteiger partial charge in [-0.05, 0) is 44.9 Å². The van der Waals surface area contributed by atoms with Crippen LogP contribution in [0.2, 0.25) is 0 Å². The maximum absolute atomic E-state index is 12.4. The predicted octanol–water partition coefficient (Wildman–Crippen LogP) is 3.15. The molecule has 0 aromatic heterocycles. The average Bonchev–Trinajstić information content (AvgIpc) is 2.47. The van der Waals surface area contributed by atoms with Gasteiger partial charge in [0.1, 0.15) is 5.78 Å². The van der Waals surface area contributed by atoms with Crippen LogP contribution in [0, 0.1) is 23.7 Å². The first-order valence-electron chi connectivity index (χ1n) is 8.78. The number of esters is 2. The molecule has 1 aliphatic carbocycles. The van der Waals surface area contributed by atoms with E-state index in [4.69, 9.17) is 9.47 Å². The highest BCUT2D eigenvalue weighted by atomic mass is 16.6. The van der Waals surface area contributed by atoms with Crippen LogP contribution in [-0.2, 0) is 23.9 Å². The molecule has 5 heteroatoms. The van der Waals surface area contributed by atoms with Gasteiger partial charge in [-0.1, -0.05) is 20.3 Å². The van der Waals surface area contributed by atoms with Crippen LogP contribution in [0.4, 0.5) is 0 Å². The molecule has 0 aromatic rings. The largest absolute Gasteiger partial charge is 0.465 e. The second kappa shape index (κ2) is 9.68. The van der Waals surface area contributed by atoms with Gasteiger partial charge in [0.15, 0.2) is 5.92 Å². The summed E-state index contributed by atoms with van der Waals surface area (Å²) < 4.78 is 10.2. The molecule has 132 valence electrons. The summed E-state index contributed by atoms with van der Waals surface area (Å²) in [7, 11) is 0. The maximum Gasteiger partial charge on any atom is 0.320 e. The zero-order valence-corrected chi connectivity index (χ0v) is 14.8. The average molecular weight is 326 g/mol. The molecular weight excluding hydrogens is 296 g/mol. The van der Waals surface area contributed by atoms with Crippen molar-refractivity contribution in [2.75, 3.05) is 13.2 Å². The normalized spacial score (nSPS) is 19.7. The van der Waals surface area contributed by atoms with Crippen LogP contribution < -0.4 is 0 Å². The Kier molecular flexibility index (Phi) is 8.28. The maximum atomic E-state index is 12.4. The molecule has 0 unspecified atom stereocenters. The summed E-state index contributed by atoms with van der Waals surface area (Å²) in [5.74, 6) is -2.25. The Balaban J connectivity index is 3.11. The van der Waals surface area contributed by atoms with E-state index in [-0.39, 0.29) is 36.8 Å². The van der Waals surface area contributed by atoms with Crippen LogP contribution in [0.15, 0.2) is 0 Å². The number of ketones is 1. The third-order valence-electron chi connectivity index (χ3n) is 4.37. The number of hydrogen-bond acceptors (Lipinski definition) is 5. The van der Waals surface area contributed by atoms with Crippen molar-refractivity contribution in [3.8, 4) is 0 Å². The third-order valence-corrected chi connectivity index (χ3v) is 4.37. The molecule has 5 nitrogen and oxygen atoms in total. The van der Waals surface area contributed by atoms with Gasteiger partial charge in [-0.2, -0.15) is 0 Å². The summed E-state index contributed by atoms with van der Waals surface area (Å²) in [4.78, 5) is 37.2. The predicted molar refractivity (Wildman–Crippen MR) is 86.7 cm³/mol. The Morgan fingerprint density at radius 3 is 2.09 bits per heavy atom. The molecule has 0 heterocycles. The molecule has 1 fully saturated rings. The number of rotatable bonds is 8. The Labute approximate surface area is 139 Å². The highest BCUT2D eigenvalue weighted by molar-refractivity contribution is 5.96. The van der Waals surface area contributed by atoms with Gasteiger partial charge in [-0.25, -0.2) is 0 Å². The molecular formula is C18H30O5. The lowest BCUT2D eigenvalue weighted by Crippen LogP contribution is -2.41. The number of hydrogen-bond donors (Lipinski definition) is 0. The van der Waals surface area contributed by atoms with Crippen LogP contribution in [0.25, 0.3) is 0 Å². The molecule has 0 bridgehead atoms. The molecule has 0 aromatic carbocycles. The Morgan fingerprint density at radius 2 is 1.65 bits per heavy atom. The van der Waals surface area contributed by atoms with Crippen molar-refractivity contribution in [1.29, 1.82) is 0 Å². The Bertz CT molecular complexity index is 398. The number of Topliss-reactive ketones (excluding diaryl/α,β-unsaturated/α-hetero) is 1. The molecule has 1 rings (SSSR count). The minimum Gasteiger partial charge on any atom is -0.465 e. The minimum absolute atomic E-state index is 0.167. The fourth-order valence-corrected chi connectivity index (χ4v) is 3.45. The molecule has 0 aliphatic heterocycles. The van der Waals surface area contributed by atoms with Crippen LogP contribution in [0.5, 0.6) is 0 Å². The van der Waals surface area contributed by atoms with Crippen molar-refractivity contribution in [2.45, 2.75) is 59.8 Å². The molecule has 0 saturated heterocycles. The van der Waals surface area contributed by atoms with Crippen molar-refractivity contribution < 1.29 is 23.9 Å². The lowest BCUT2D eigenvalue weighted by atomic mass is 9.70. The van der Waals surface area contributed by atoms with Gasteiger partial charge in [0, 0.05) is 12.3 Å². The van der Waals surface area contributed by atoms with E-state index in [1.54, 1.807) is 13.8 Å². The summed E-state index contributed by atoms with van der Waals surface area (Å²) in [6.07, 6.45) is 3.78. The Hall–Kier alpha value is -1.39. The number of carbonyl (C=O) groups excluding carboxylic acids is 3. The summed E-state index contributed by atoms with van der Waals surface area (Å²) in [5, 5.41) is 0. The topological polar surface area (TPSA) is 69.7 Å². The first-order valence-corrected chi connectivity index (χ1v) is 8.78. The van der Waals surface area contributed by atoms with Crippen LogP contribution in [-0.4, -0.2) is 30.9 Å². The Morgan fingerprint density at radius 1 is 1.09 bits per heavy atom. The van der Waals surface area contributed by atoms with Crippen molar-refractivity contribution in [3.05, 3.63) is 0 Å². The number of carbonyl (C=O) groups is 3. The van der Waals surface area contributed by atoms with Crippen LogP contribution in [0.1, 0.15) is 59.8 Å². The van der Waals surface area contributed by atoms with Crippen molar-refractivity contribution in [3.63, 3.8) is 0 Å². The monoisotopic (exact) mass is 326 g/mol. The van der Waals surface area contributed by atoms with Gasteiger partial charge in [0.05, 0.1) is 13.2 Å². The van der Waals surface area contributed by atoms with E-state index < -0.39 is 17.9 Å². The molecule has 23 heavy (non-hydrogen) atoms. The van der Waals surface area contributed by atoms with Gasteiger partial charge in [-0.3, -0.25) is 14.4 Å². The van der Waals surface area contributed by atoms with Gasteiger partial charge < -0.3 is 9.47 Å². The molecule has 0 N–H and O–H groups in total. The molecule has 1 saturated carbocycles. The SMILES string of the molecule is CCOC(=O)C(C(=O)OCC)[C@@H](CC(C)C)[C@@H]1CCCCC1=O. The highest BCUT2D eigenvalue weighted by Gasteiger charge is 2.44. The number of ether oxygens (including phenoxy) is 2. The smallest absolute Gasteiger partial charge is 0.320 e. The first kappa shape index (κ1) is 19.7. The van der Waals surface area contributed by atoms with Gasteiger partial charge in [0.2, 0.25) is 0 Å². The van der Waals surface area contributed by atoms with Gasteiger partial charge >= 0.3 is 11.9 Å². The van der Waals surface area contributed by atoms with E-state index in [1.165, 1.54) is 0 Å². The zero-order valence-electron chi connectivity index (χ0n) is 14.8. The van der Waals surface area contributed by atoms with E-state index in [2.05, 4.69) is 0 Å². The molecule has 0 radical (unpaired) electrons. The van der Waals surface area contributed by atoms with Crippen molar-refractivity contribution >= 4 is 17.7 Å². The third kappa shape index (κ3) is 5.63. The van der Waals surface area contributed by atoms with Crippen LogP contribution in [0.3, 0.4) is 0 Å². The second-order valence-electron chi connectivity index (χ2n) is 6.59. The molecule has 2 atom stereocenters. The summed E-state index contributed by atoms with van der Waals surface area (Å²) in [5.41, 5.74) is 0.